The van der Waals surface area contributed by atoms with Gasteiger partial charge in [0.15, 0.2) is 0 Å². The average Bonchev–Trinajstić information content (AvgIpc) is 2.28. The summed E-state index contributed by atoms with van der Waals surface area (Å²) in [5.41, 5.74) is -0.735. The second-order valence-corrected chi connectivity index (χ2v) is 6.58. The Bertz CT molecular complexity index is 329. The number of piperazine rings is 1. The molecule has 0 aromatic heterocycles. The Morgan fingerprint density at radius 3 is 2.50 bits per heavy atom. The molecule has 104 valence electrons. The molecular weight excluding hydrogens is 248 g/mol. The molecule has 18 heavy (non-hydrogen) atoms. The van der Waals surface area contributed by atoms with Crippen molar-refractivity contribution in [1.29, 1.82) is 0 Å². The zero-order chi connectivity index (χ0) is 13.9. The van der Waals surface area contributed by atoms with Gasteiger partial charge in [0.1, 0.15) is 11.6 Å². The van der Waals surface area contributed by atoms with Crippen molar-refractivity contribution in [3.8, 4) is 0 Å². The van der Waals surface area contributed by atoms with Gasteiger partial charge in [0.05, 0.1) is 0 Å². The number of rotatable bonds is 5. The summed E-state index contributed by atoms with van der Waals surface area (Å²) in [5, 5.41) is 2.84. The summed E-state index contributed by atoms with van der Waals surface area (Å²) in [6.07, 6.45) is 2.97. The Morgan fingerprint density at radius 2 is 2.00 bits per heavy atom. The second kappa shape index (κ2) is 5.95. The minimum Gasteiger partial charge on any atom is -0.342 e. The van der Waals surface area contributed by atoms with Gasteiger partial charge in [-0.25, -0.2) is 0 Å². The van der Waals surface area contributed by atoms with Crippen LogP contribution in [0.2, 0.25) is 0 Å². The Balaban J connectivity index is 2.85. The fourth-order valence-electron chi connectivity index (χ4n) is 2.15. The third-order valence-electron chi connectivity index (χ3n) is 3.45. The number of thioether (sulfide) groups is 1. The van der Waals surface area contributed by atoms with Gasteiger partial charge >= 0.3 is 0 Å². The number of carbonyl (C=O) groups excluding carboxylic acids is 2. The molecule has 0 aromatic carbocycles. The zero-order valence-corrected chi connectivity index (χ0v) is 12.8. The Labute approximate surface area is 114 Å². The molecule has 1 unspecified atom stereocenters. The highest BCUT2D eigenvalue weighted by atomic mass is 32.2. The number of nitrogens with zero attached hydrogens (tertiary/aromatic N) is 1. The van der Waals surface area contributed by atoms with E-state index >= 15 is 0 Å². The third-order valence-corrected chi connectivity index (χ3v) is 4.14. The molecule has 1 atom stereocenters. The van der Waals surface area contributed by atoms with Crippen molar-refractivity contribution in [3.63, 3.8) is 0 Å². The summed E-state index contributed by atoms with van der Waals surface area (Å²) in [5.74, 6) is 1.13. The van der Waals surface area contributed by atoms with E-state index in [1.54, 1.807) is 16.7 Å². The van der Waals surface area contributed by atoms with E-state index < -0.39 is 5.54 Å². The van der Waals surface area contributed by atoms with Crippen molar-refractivity contribution < 1.29 is 9.59 Å². The fourth-order valence-corrected chi connectivity index (χ4v) is 2.57. The Kier molecular flexibility index (Phi) is 5.08. The van der Waals surface area contributed by atoms with E-state index in [0.717, 1.165) is 12.2 Å². The maximum atomic E-state index is 12.4. The first-order valence-corrected chi connectivity index (χ1v) is 7.83. The predicted octanol–water partition coefficient (Wildman–Crippen LogP) is 1.50. The molecule has 0 aromatic rings. The molecule has 1 fully saturated rings. The van der Waals surface area contributed by atoms with Crippen LogP contribution in [0.25, 0.3) is 0 Å². The molecule has 5 heteroatoms. The molecule has 0 bridgehead atoms. The number of carbonyl (C=O) groups is 2. The predicted molar refractivity (Wildman–Crippen MR) is 75.6 cm³/mol. The molecule has 1 aliphatic heterocycles. The summed E-state index contributed by atoms with van der Waals surface area (Å²) < 4.78 is 0. The van der Waals surface area contributed by atoms with Crippen LogP contribution in [0, 0.1) is 5.92 Å². The highest BCUT2D eigenvalue weighted by molar-refractivity contribution is 7.98. The summed E-state index contributed by atoms with van der Waals surface area (Å²) in [7, 11) is 0. The van der Waals surface area contributed by atoms with Crippen molar-refractivity contribution in [3.05, 3.63) is 0 Å². The first kappa shape index (κ1) is 15.3. The van der Waals surface area contributed by atoms with E-state index in [9.17, 15) is 9.59 Å². The van der Waals surface area contributed by atoms with Crippen LogP contribution in [-0.4, -0.2) is 46.8 Å². The maximum Gasteiger partial charge on any atom is 0.246 e. The lowest BCUT2D eigenvalue weighted by Crippen LogP contribution is -2.69. The van der Waals surface area contributed by atoms with E-state index in [1.165, 1.54) is 0 Å². The SMILES string of the molecule is CSCCCN1C(=O)C(C(C)C)NC(=O)C1(C)C. The van der Waals surface area contributed by atoms with Gasteiger partial charge in [-0.2, -0.15) is 11.8 Å². The minimum absolute atomic E-state index is 0.0510. The van der Waals surface area contributed by atoms with Crippen LogP contribution in [0.4, 0.5) is 0 Å². The van der Waals surface area contributed by atoms with E-state index in [2.05, 4.69) is 5.32 Å². The van der Waals surface area contributed by atoms with Crippen LogP contribution in [0.1, 0.15) is 34.1 Å². The fraction of sp³-hybridized carbons (Fsp3) is 0.846. The summed E-state index contributed by atoms with van der Waals surface area (Å²) >= 11 is 1.76. The molecule has 1 N–H and O–H groups in total. The lowest BCUT2D eigenvalue weighted by molar-refractivity contribution is -0.156. The molecule has 0 spiro atoms. The molecule has 0 radical (unpaired) electrons. The number of amides is 2. The van der Waals surface area contributed by atoms with Crippen molar-refractivity contribution in [2.45, 2.75) is 45.7 Å². The van der Waals surface area contributed by atoms with Crippen LogP contribution in [0.5, 0.6) is 0 Å². The zero-order valence-electron chi connectivity index (χ0n) is 11.9. The third kappa shape index (κ3) is 2.99. The normalized spacial score (nSPS) is 23.4. The molecule has 0 aliphatic carbocycles. The van der Waals surface area contributed by atoms with Crippen molar-refractivity contribution in [1.82, 2.24) is 10.2 Å². The first-order chi connectivity index (χ1) is 8.32. The molecule has 1 saturated heterocycles. The van der Waals surface area contributed by atoms with Crippen LogP contribution in [-0.2, 0) is 9.59 Å². The monoisotopic (exact) mass is 272 g/mol. The van der Waals surface area contributed by atoms with Crippen LogP contribution in [0.15, 0.2) is 0 Å². The smallest absolute Gasteiger partial charge is 0.246 e. The second-order valence-electron chi connectivity index (χ2n) is 5.59. The molecular formula is C13H24N2O2S. The molecule has 2 amide bonds. The van der Waals surface area contributed by atoms with Gasteiger partial charge in [-0.1, -0.05) is 13.8 Å². The Hall–Kier alpha value is -0.710. The van der Waals surface area contributed by atoms with E-state index in [1.807, 2.05) is 34.0 Å². The molecule has 1 rings (SSSR count). The van der Waals surface area contributed by atoms with E-state index in [4.69, 9.17) is 0 Å². The quantitative estimate of drug-likeness (QED) is 0.772. The molecule has 1 heterocycles. The average molecular weight is 272 g/mol. The van der Waals surface area contributed by atoms with Crippen LogP contribution < -0.4 is 5.32 Å². The number of nitrogens with one attached hydrogen (secondary N) is 1. The Morgan fingerprint density at radius 1 is 1.39 bits per heavy atom. The van der Waals surface area contributed by atoms with Gasteiger partial charge < -0.3 is 10.2 Å². The van der Waals surface area contributed by atoms with Crippen molar-refractivity contribution >= 4 is 23.6 Å². The number of hydrogen-bond acceptors (Lipinski definition) is 3. The van der Waals surface area contributed by atoms with Gasteiger partial charge in [-0.3, -0.25) is 9.59 Å². The van der Waals surface area contributed by atoms with Gasteiger partial charge in [-0.15, -0.1) is 0 Å². The largest absolute Gasteiger partial charge is 0.342 e. The molecule has 1 aliphatic rings. The summed E-state index contributed by atoms with van der Waals surface area (Å²) in [6, 6.07) is -0.375. The molecule has 4 nitrogen and oxygen atoms in total. The maximum absolute atomic E-state index is 12.4. The highest BCUT2D eigenvalue weighted by Gasteiger charge is 2.46. The van der Waals surface area contributed by atoms with E-state index in [-0.39, 0.29) is 23.8 Å². The number of hydrogen-bond donors (Lipinski definition) is 1. The van der Waals surface area contributed by atoms with Crippen LogP contribution >= 0.6 is 11.8 Å². The summed E-state index contributed by atoms with van der Waals surface area (Å²) in [4.78, 5) is 26.3. The van der Waals surface area contributed by atoms with Crippen molar-refractivity contribution in [2.75, 3.05) is 18.6 Å². The first-order valence-electron chi connectivity index (χ1n) is 6.43. The van der Waals surface area contributed by atoms with Crippen LogP contribution in [0.3, 0.4) is 0 Å². The van der Waals surface area contributed by atoms with Gasteiger partial charge in [0, 0.05) is 6.54 Å². The van der Waals surface area contributed by atoms with Gasteiger partial charge in [0.25, 0.3) is 0 Å². The molecule has 0 saturated carbocycles. The van der Waals surface area contributed by atoms with Crippen molar-refractivity contribution in [2.24, 2.45) is 5.92 Å². The van der Waals surface area contributed by atoms with Gasteiger partial charge in [0.2, 0.25) is 11.8 Å². The van der Waals surface area contributed by atoms with E-state index in [0.29, 0.717) is 6.54 Å². The summed E-state index contributed by atoms with van der Waals surface area (Å²) in [6.45, 7) is 8.21. The topological polar surface area (TPSA) is 49.4 Å². The minimum atomic E-state index is -0.735. The highest BCUT2D eigenvalue weighted by Crippen LogP contribution is 2.24. The lowest BCUT2D eigenvalue weighted by Gasteiger charge is -2.45. The van der Waals surface area contributed by atoms with Gasteiger partial charge in [-0.05, 0) is 38.2 Å². The lowest BCUT2D eigenvalue weighted by atomic mass is 9.91. The standard InChI is InChI=1S/C13H24N2O2S/c1-9(2)10-11(16)15(7-6-8-18-5)13(3,4)12(17)14-10/h9-10H,6-8H2,1-5H3,(H,14,17).